The lowest BCUT2D eigenvalue weighted by Crippen LogP contribution is -2.45. The second kappa shape index (κ2) is 9.45. The average Bonchev–Trinajstić information content (AvgIpc) is 2.66. The molecule has 150 valence electrons. The summed E-state index contributed by atoms with van der Waals surface area (Å²) in [5.74, 6) is -1.18. The van der Waals surface area contributed by atoms with Crippen LogP contribution in [-0.4, -0.2) is 38.0 Å². The zero-order valence-electron chi connectivity index (χ0n) is 15.5. The van der Waals surface area contributed by atoms with Crippen LogP contribution >= 0.6 is 0 Å². The number of rotatable bonds is 8. The number of nitrogens with one attached hydrogen (secondary N) is 2. The molecular formula is C19H22N2O6S. The van der Waals surface area contributed by atoms with Crippen LogP contribution in [0.5, 0.6) is 0 Å². The van der Waals surface area contributed by atoms with Crippen LogP contribution in [0.1, 0.15) is 25.5 Å². The second-order valence-electron chi connectivity index (χ2n) is 5.91. The Labute approximate surface area is 163 Å². The van der Waals surface area contributed by atoms with Gasteiger partial charge in [0.2, 0.25) is 15.9 Å². The lowest BCUT2D eigenvalue weighted by molar-refractivity contribution is -0.148. The maximum Gasteiger partial charge on any atom is 0.327 e. The monoisotopic (exact) mass is 406 g/mol. The normalized spacial score (nSPS) is 13.4. The van der Waals surface area contributed by atoms with E-state index in [1.165, 1.54) is 31.2 Å². The summed E-state index contributed by atoms with van der Waals surface area (Å²) >= 11 is 0. The van der Waals surface area contributed by atoms with E-state index in [0.717, 1.165) is 0 Å². The van der Waals surface area contributed by atoms with Crippen LogP contribution in [0, 0.1) is 0 Å². The fraction of sp³-hybridized carbons (Fsp3) is 0.263. The number of anilines is 1. The van der Waals surface area contributed by atoms with Crippen molar-refractivity contribution in [3.8, 4) is 0 Å². The first-order chi connectivity index (χ1) is 13.2. The predicted molar refractivity (Wildman–Crippen MR) is 103 cm³/mol. The molecule has 2 rings (SSSR count). The summed E-state index contributed by atoms with van der Waals surface area (Å²) in [6.45, 7) is 2.95. The van der Waals surface area contributed by atoms with Crippen LogP contribution < -0.4 is 10.0 Å². The Balaban J connectivity index is 2.28. The summed E-state index contributed by atoms with van der Waals surface area (Å²) in [6.07, 6.45) is -1.44. The molecule has 0 aliphatic carbocycles. The van der Waals surface area contributed by atoms with Crippen molar-refractivity contribution >= 4 is 27.6 Å². The smallest absolute Gasteiger partial charge is 0.327 e. The number of amides is 1. The molecule has 0 saturated carbocycles. The molecule has 8 nitrogen and oxygen atoms in total. The lowest BCUT2D eigenvalue weighted by Gasteiger charge is -2.22. The standard InChI is InChI=1S/C19H22N2O6S/c1-3-27-19(24)17(18(23)14-7-5-4-6-8-14)21-28(25,26)16-11-9-15(10-12-16)20-13(2)22/h4-12,17-18,21,23H,3H2,1-2H3,(H,20,22)/t17-,18+/m0/s1. The molecule has 0 bridgehead atoms. The maximum atomic E-state index is 12.7. The molecule has 0 aliphatic rings. The van der Waals surface area contributed by atoms with E-state index < -0.39 is 28.1 Å². The third kappa shape index (κ3) is 5.62. The number of sulfonamides is 1. The Kier molecular flexibility index (Phi) is 7.27. The minimum atomic E-state index is -4.14. The van der Waals surface area contributed by atoms with E-state index in [1.807, 2.05) is 0 Å². The van der Waals surface area contributed by atoms with Gasteiger partial charge >= 0.3 is 5.97 Å². The van der Waals surface area contributed by atoms with Gasteiger partial charge in [-0.25, -0.2) is 8.42 Å². The van der Waals surface area contributed by atoms with Crippen LogP contribution in [-0.2, 0) is 24.3 Å². The van der Waals surface area contributed by atoms with Crippen LogP contribution in [0.25, 0.3) is 0 Å². The summed E-state index contributed by atoms with van der Waals surface area (Å²) in [6, 6.07) is 12.1. The fourth-order valence-corrected chi connectivity index (χ4v) is 3.66. The van der Waals surface area contributed by atoms with Gasteiger partial charge in [0.1, 0.15) is 12.1 Å². The summed E-state index contributed by atoms with van der Waals surface area (Å²) in [4.78, 5) is 23.2. The molecule has 0 unspecified atom stereocenters. The summed E-state index contributed by atoms with van der Waals surface area (Å²) < 4.78 is 32.5. The summed E-state index contributed by atoms with van der Waals surface area (Å²) in [7, 11) is -4.14. The molecule has 2 atom stereocenters. The predicted octanol–water partition coefficient (Wildman–Crippen LogP) is 1.59. The maximum absolute atomic E-state index is 12.7. The first kappa shape index (κ1) is 21.5. The zero-order valence-corrected chi connectivity index (χ0v) is 16.3. The molecule has 2 aromatic rings. The number of aliphatic hydroxyl groups is 1. The van der Waals surface area contributed by atoms with E-state index in [2.05, 4.69) is 10.0 Å². The van der Waals surface area contributed by atoms with E-state index in [4.69, 9.17) is 4.74 Å². The first-order valence-corrected chi connectivity index (χ1v) is 10.0. The van der Waals surface area contributed by atoms with Gasteiger partial charge < -0.3 is 15.2 Å². The molecular weight excluding hydrogens is 384 g/mol. The van der Waals surface area contributed by atoms with Gasteiger partial charge in [0.05, 0.1) is 11.5 Å². The van der Waals surface area contributed by atoms with Crippen molar-refractivity contribution in [3.05, 3.63) is 60.2 Å². The molecule has 28 heavy (non-hydrogen) atoms. The minimum absolute atomic E-state index is 0.0317. The summed E-state index contributed by atoms with van der Waals surface area (Å²) in [5, 5.41) is 13.1. The topological polar surface area (TPSA) is 122 Å². The van der Waals surface area contributed by atoms with Gasteiger partial charge in [0, 0.05) is 12.6 Å². The Morgan fingerprint density at radius 2 is 1.68 bits per heavy atom. The van der Waals surface area contributed by atoms with Crippen molar-refractivity contribution in [1.29, 1.82) is 0 Å². The number of hydrogen-bond donors (Lipinski definition) is 3. The molecule has 0 fully saturated rings. The second-order valence-corrected chi connectivity index (χ2v) is 7.63. The number of aliphatic hydroxyl groups excluding tert-OH is 1. The van der Waals surface area contributed by atoms with E-state index in [0.29, 0.717) is 11.3 Å². The Hall–Kier alpha value is -2.75. The number of esters is 1. The zero-order chi connectivity index (χ0) is 20.7. The van der Waals surface area contributed by atoms with Crippen molar-refractivity contribution in [1.82, 2.24) is 4.72 Å². The molecule has 0 spiro atoms. The first-order valence-electron chi connectivity index (χ1n) is 8.54. The van der Waals surface area contributed by atoms with Gasteiger partial charge in [-0.05, 0) is 36.8 Å². The third-order valence-corrected chi connectivity index (χ3v) is 5.22. The van der Waals surface area contributed by atoms with Crippen molar-refractivity contribution in [2.75, 3.05) is 11.9 Å². The van der Waals surface area contributed by atoms with Crippen molar-refractivity contribution in [2.24, 2.45) is 0 Å². The molecule has 3 N–H and O–H groups in total. The van der Waals surface area contributed by atoms with E-state index >= 15 is 0 Å². The molecule has 0 heterocycles. The quantitative estimate of drug-likeness (QED) is 0.572. The molecule has 0 radical (unpaired) electrons. The van der Waals surface area contributed by atoms with E-state index in [1.54, 1.807) is 37.3 Å². The summed E-state index contributed by atoms with van der Waals surface area (Å²) in [5.41, 5.74) is 0.793. The molecule has 0 aliphatic heterocycles. The van der Waals surface area contributed by atoms with Gasteiger partial charge in [0.15, 0.2) is 0 Å². The highest BCUT2D eigenvalue weighted by molar-refractivity contribution is 7.89. The molecule has 1 amide bonds. The SMILES string of the molecule is CCOC(=O)[C@@H](NS(=O)(=O)c1ccc(NC(C)=O)cc1)[C@H](O)c1ccccc1. The van der Waals surface area contributed by atoms with Gasteiger partial charge in [-0.15, -0.1) is 0 Å². The number of ether oxygens (including phenoxy) is 1. The molecule has 0 aromatic heterocycles. The van der Waals surface area contributed by atoms with Crippen LogP contribution in [0.3, 0.4) is 0 Å². The minimum Gasteiger partial charge on any atom is -0.465 e. The van der Waals surface area contributed by atoms with Gasteiger partial charge in [-0.1, -0.05) is 30.3 Å². The van der Waals surface area contributed by atoms with Gasteiger partial charge in [-0.3, -0.25) is 9.59 Å². The van der Waals surface area contributed by atoms with Crippen LogP contribution in [0.15, 0.2) is 59.5 Å². The number of hydrogen-bond acceptors (Lipinski definition) is 6. The number of carbonyl (C=O) groups excluding carboxylic acids is 2. The van der Waals surface area contributed by atoms with E-state index in [-0.39, 0.29) is 17.4 Å². The van der Waals surface area contributed by atoms with Gasteiger partial charge in [-0.2, -0.15) is 4.72 Å². The highest BCUT2D eigenvalue weighted by Gasteiger charge is 2.34. The van der Waals surface area contributed by atoms with Crippen molar-refractivity contribution < 1.29 is 27.9 Å². The molecule has 2 aromatic carbocycles. The van der Waals surface area contributed by atoms with Crippen LogP contribution in [0.2, 0.25) is 0 Å². The Morgan fingerprint density at radius 1 is 1.07 bits per heavy atom. The van der Waals surface area contributed by atoms with Crippen molar-refractivity contribution in [3.63, 3.8) is 0 Å². The highest BCUT2D eigenvalue weighted by atomic mass is 32.2. The molecule has 0 saturated heterocycles. The highest BCUT2D eigenvalue weighted by Crippen LogP contribution is 2.21. The lowest BCUT2D eigenvalue weighted by atomic mass is 10.0. The van der Waals surface area contributed by atoms with Gasteiger partial charge in [0.25, 0.3) is 0 Å². The third-order valence-electron chi connectivity index (χ3n) is 3.76. The average molecular weight is 406 g/mol. The molecule has 9 heteroatoms. The van der Waals surface area contributed by atoms with E-state index in [9.17, 15) is 23.1 Å². The fourth-order valence-electron chi connectivity index (χ4n) is 2.47. The number of carbonyl (C=O) groups is 2. The Bertz CT molecular complexity index is 913. The number of benzene rings is 2. The Morgan fingerprint density at radius 3 is 2.21 bits per heavy atom. The largest absolute Gasteiger partial charge is 0.465 e. The van der Waals surface area contributed by atoms with Crippen molar-refractivity contribution in [2.45, 2.75) is 30.9 Å². The van der Waals surface area contributed by atoms with Crippen LogP contribution in [0.4, 0.5) is 5.69 Å².